The Balaban J connectivity index is 1.42. The van der Waals surface area contributed by atoms with E-state index in [1.54, 1.807) is 12.1 Å². The summed E-state index contributed by atoms with van der Waals surface area (Å²) in [4.78, 5) is 11.1. The summed E-state index contributed by atoms with van der Waals surface area (Å²) >= 11 is 0. The summed E-state index contributed by atoms with van der Waals surface area (Å²) in [5.41, 5.74) is 3.30. The van der Waals surface area contributed by atoms with Crippen LogP contribution >= 0.6 is 0 Å². The first-order chi connectivity index (χ1) is 14.8. The van der Waals surface area contributed by atoms with E-state index in [0.29, 0.717) is 30.3 Å². The average Bonchev–Trinajstić information content (AvgIpc) is 2.80. The van der Waals surface area contributed by atoms with E-state index in [9.17, 15) is 4.79 Å². The minimum atomic E-state index is 0.603. The number of ether oxygens (including phenoxy) is 2. The van der Waals surface area contributed by atoms with Crippen LogP contribution in [0.1, 0.15) is 47.2 Å². The summed E-state index contributed by atoms with van der Waals surface area (Å²) in [5, 5.41) is 0. The zero-order chi connectivity index (χ0) is 20.9. The zero-order valence-corrected chi connectivity index (χ0v) is 17.5. The van der Waals surface area contributed by atoms with Crippen molar-refractivity contribution in [2.45, 2.75) is 38.5 Å². The second-order valence-corrected chi connectivity index (χ2v) is 7.41. The molecular weight excluding hydrogens is 372 g/mol. The Labute approximate surface area is 179 Å². The largest absolute Gasteiger partial charge is 0.490 e. The fourth-order valence-corrected chi connectivity index (χ4v) is 3.35. The van der Waals surface area contributed by atoms with Gasteiger partial charge in [-0.25, -0.2) is 0 Å². The lowest BCUT2D eigenvalue weighted by molar-refractivity contribution is 0.112. The quantitative estimate of drug-likeness (QED) is 0.248. The first-order valence-electron chi connectivity index (χ1n) is 10.8. The molecule has 3 nitrogen and oxygen atoms in total. The molecule has 0 unspecified atom stereocenters. The third-order valence-electron chi connectivity index (χ3n) is 5.02. The van der Waals surface area contributed by atoms with Crippen LogP contribution in [0.25, 0.3) is 0 Å². The predicted octanol–water partition coefficient (Wildman–Crippen LogP) is 6.30. The van der Waals surface area contributed by atoms with Crippen molar-refractivity contribution in [3.8, 4) is 11.5 Å². The molecule has 3 heteroatoms. The monoisotopic (exact) mass is 402 g/mol. The van der Waals surface area contributed by atoms with Crippen molar-refractivity contribution in [1.29, 1.82) is 0 Å². The van der Waals surface area contributed by atoms with Gasteiger partial charge in [-0.1, -0.05) is 60.7 Å². The van der Waals surface area contributed by atoms with Crippen LogP contribution < -0.4 is 9.47 Å². The highest BCUT2D eigenvalue weighted by Gasteiger charge is 2.07. The van der Waals surface area contributed by atoms with Crippen LogP contribution in [0, 0.1) is 0 Å². The molecule has 0 radical (unpaired) electrons. The van der Waals surface area contributed by atoms with Gasteiger partial charge in [0.15, 0.2) is 11.5 Å². The Hall–Kier alpha value is -3.07. The summed E-state index contributed by atoms with van der Waals surface area (Å²) in [6.45, 7) is 1.25. The van der Waals surface area contributed by atoms with Gasteiger partial charge in [-0.3, -0.25) is 4.79 Å². The fraction of sp³-hybridized carbons (Fsp3) is 0.296. The topological polar surface area (TPSA) is 35.5 Å². The Morgan fingerprint density at radius 2 is 1.13 bits per heavy atom. The van der Waals surface area contributed by atoms with Crippen molar-refractivity contribution in [2.75, 3.05) is 13.2 Å². The Kier molecular flexibility index (Phi) is 9.00. The maximum absolute atomic E-state index is 11.1. The van der Waals surface area contributed by atoms with Gasteiger partial charge in [0.1, 0.15) is 6.29 Å². The normalized spacial score (nSPS) is 10.5. The summed E-state index contributed by atoms with van der Waals surface area (Å²) in [5.74, 6) is 1.37. The summed E-state index contributed by atoms with van der Waals surface area (Å²) < 4.78 is 11.9. The van der Waals surface area contributed by atoms with Gasteiger partial charge < -0.3 is 9.47 Å². The maximum atomic E-state index is 11.1. The van der Waals surface area contributed by atoms with E-state index >= 15 is 0 Å². The Bertz CT molecular complexity index is 875. The van der Waals surface area contributed by atoms with E-state index in [-0.39, 0.29) is 0 Å². The molecule has 0 bridgehead atoms. The van der Waals surface area contributed by atoms with Crippen LogP contribution in [0.5, 0.6) is 11.5 Å². The second-order valence-electron chi connectivity index (χ2n) is 7.41. The zero-order valence-electron chi connectivity index (χ0n) is 17.5. The number of benzene rings is 3. The van der Waals surface area contributed by atoms with Gasteiger partial charge in [-0.15, -0.1) is 0 Å². The molecule has 0 amide bonds. The van der Waals surface area contributed by atoms with Crippen LogP contribution in [-0.2, 0) is 12.8 Å². The Morgan fingerprint density at radius 1 is 0.600 bits per heavy atom. The minimum absolute atomic E-state index is 0.603. The van der Waals surface area contributed by atoms with Crippen molar-refractivity contribution < 1.29 is 14.3 Å². The van der Waals surface area contributed by atoms with E-state index < -0.39 is 0 Å². The van der Waals surface area contributed by atoms with E-state index in [1.165, 1.54) is 11.1 Å². The minimum Gasteiger partial charge on any atom is -0.490 e. The molecule has 3 aromatic carbocycles. The van der Waals surface area contributed by atoms with Crippen LogP contribution in [0.2, 0.25) is 0 Å². The van der Waals surface area contributed by atoms with Crippen molar-refractivity contribution in [1.82, 2.24) is 0 Å². The third kappa shape index (κ3) is 7.40. The lowest BCUT2D eigenvalue weighted by Crippen LogP contribution is -2.04. The lowest BCUT2D eigenvalue weighted by Gasteiger charge is -2.13. The van der Waals surface area contributed by atoms with Crippen LogP contribution in [0.4, 0.5) is 0 Å². The Morgan fingerprint density at radius 3 is 1.67 bits per heavy atom. The van der Waals surface area contributed by atoms with E-state index in [2.05, 4.69) is 48.5 Å². The molecule has 0 atom stereocenters. The summed E-state index contributed by atoms with van der Waals surface area (Å²) in [7, 11) is 0. The molecule has 0 aliphatic rings. The average molecular weight is 403 g/mol. The van der Waals surface area contributed by atoms with Crippen molar-refractivity contribution >= 4 is 6.29 Å². The van der Waals surface area contributed by atoms with Gasteiger partial charge >= 0.3 is 0 Å². The van der Waals surface area contributed by atoms with Crippen LogP contribution in [-0.4, -0.2) is 19.5 Å². The first kappa shape index (κ1) is 21.6. The van der Waals surface area contributed by atoms with Gasteiger partial charge in [-0.2, -0.15) is 0 Å². The predicted molar refractivity (Wildman–Crippen MR) is 122 cm³/mol. The highest BCUT2D eigenvalue weighted by atomic mass is 16.5. The van der Waals surface area contributed by atoms with E-state index in [4.69, 9.17) is 9.47 Å². The third-order valence-corrected chi connectivity index (χ3v) is 5.02. The molecule has 0 aromatic heterocycles. The molecule has 156 valence electrons. The van der Waals surface area contributed by atoms with E-state index in [1.807, 2.05) is 18.2 Å². The number of aryl methyl sites for hydroxylation is 2. The highest BCUT2D eigenvalue weighted by Crippen LogP contribution is 2.28. The standard InChI is InChI=1S/C27H30O3/c28-22-25-17-18-26(29-19-9-7-15-23-11-3-1-4-12-23)27(21-25)30-20-10-8-16-24-13-5-2-6-14-24/h1-6,11-14,17-18,21-22H,7-10,15-16,19-20H2. The lowest BCUT2D eigenvalue weighted by atomic mass is 10.1. The van der Waals surface area contributed by atoms with Gasteiger partial charge in [0.05, 0.1) is 13.2 Å². The van der Waals surface area contributed by atoms with Crippen LogP contribution in [0.3, 0.4) is 0 Å². The molecule has 0 spiro atoms. The number of carbonyl (C=O) groups is 1. The molecule has 0 aliphatic heterocycles. The number of aldehydes is 1. The number of rotatable bonds is 13. The molecule has 3 aromatic rings. The fourth-order valence-electron chi connectivity index (χ4n) is 3.35. The molecule has 0 fully saturated rings. The molecular formula is C27H30O3. The second kappa shape index (κ2) is 12.5. The molecule has 30 heavy (non-hydrogen) atoms. The number of hydrogen-bond acceptors (Lipinski definition) is 3. The SMILES string of the molecule is O=Cc1ccc(OCCCCc2ccccc2)c(OCCCCc2ccccc2)c1. The molecule has 0 heterocycles. The molecule has 0 N–H and O–H groups in total. The van der Waals surface area contributed by atoms with Crippen molar-refractivity contribution in [3.05, 3.63) is 95.6 Å². The van der Waals surface area contributed by atoms with Gasteiger partial charge in [0.2, 0.25) is 0 Å². The van der Waals surface area contributed by atoms with Gasteiger partial charge in [0, 0.05) is 5.56 Å². The summed E-state index contributed by atoms with van der Waals surface area (Å²) in [6.07, 6.45) is 7.01. The van der Waals surface area contributed by atoms with Crippen LogP contribution in [0.15, 0.2) is 78.9 Å². The van der Waals surface area contributed by atoms with E-state index in [0.717, 1.165) is 44.8 Å². The van der Waals surface area contributed by atoms with Gasteiger partial charge in [0.25, 0.3) is 0 Å². The molecule has 3 rings (SSSR count). The molecule has 0 aliphatic carbocycles. The van der Waals surface area contributed by atoms with Crippen molar-refractivity contribution in [2.24, 2.45) is 0 Å². The summed E-state index contributed by atoms with van der Waals surface area (Å²) in [6, 6.07) is 26.4. The first-order valence-corrected chi connectivity index (χ1v) is 10.8. The highest BCUT2D eigenvalue weighted by molar-refractivity contribution is 5.76. The molecule has 0 saturated heterocycles. The number of unbranched alkanes of at least 4 members (excludes halogenated alkanes) is 2. The molecule has 0 saturated carbocycles. The number of hydrogen-bond donors (Lipinski definition) is 0. The smallest absolute Gasteiger partial charge is 0.161 e. The number of carbonyl (C=O) groups excluding carboxylic acids is 1. The van der Waals surface area contributed by atoms with Crippen molar-refractivity contribution in [3.63, 3.8) is 0 Å². The maximum Gasteiger partial charge on any atom is 0.161 e. The van der Waals surface area contributed by atoms with Gasteiger partial charge in [-0.05, 0) is 67.9 Å².